The van der Waals surface area contributed by atoms with Gasteiger partial charge in [-0.25, -0.2) is 18.6 Å². The van der Waals surface area contributed by atoms with Crippen molar-refractivity contribution in [1.82, 2.24) is 4.98 Å². The number of hydrogen-bond acceptors (Lipinski definition) is 3. The fourth-order valence-corrected chi connectivity index (χ4v) is 1.48. The zero-order valence-corrected chi connectivity index (χ0v) is 8.94. The Balaban J connectivity index is 3.40. The first-order valence-corrected chi connectivity index (χ1v) is 4.45. The Morgan fingerprint density at radius 2 is 2.13 bits per heavy atom. The molecule has 1 aromatic heterocycles. The van der Waals surface area contributed by atoms with Gasteiger partial charge in [0.25, 0.3) is 6.43 Å². The molecule has 0 aromatic carbocycles. The molecule has 15 heavy (non-hydrogen) atoms. The summed E-state index contributed by atoms with van der Waals surface area (Å²) >= 11 is 11.0. The van der Waals surface area contributed by atoms with Crippen LogP contribution in [0.4, 0.5) is 8.78 Å². The number of nitrogens with zero attached hydrogens (tertiary/aromatic N) is 1. The highest BCUT2D eigenvalue weighted by Crippen LogP contribution is 2.31. The lowest BCUT2D eigenvalue weighted by Gasteiger charge is -2.08. The van der Waals surface area contributed by atoms with Crippen molar-refractivity contribution in [2.24, 2.45) is 0 Å². The largest absolute Gasteiger partial charge is 0.464 e. The van der Waals surface area contributed by atoms with E-state index in [9.17, 15) is 13.6 Å². The van der Waals surface area contributed by atoms with E-state index < -0.39 is 23.7 Å². The summed E-state index contributed by atoms with van der Waals surface area (Å²) in [5.41, 5.74) is -1.24. The van der Waals surface area contributed by atoms with E-state index in [0.717, 1.165) is 13.2 Å². The van der Waals surface area contributed by atoms with Crippen LogP contribution in [0.1, 0.15) is 22.5 Å². The molecule has 0 radical (unpaired) electrons. The molecule has 7 heteroatoms. The number of carbonyl (C=O) groups excluding carboxylic acids is 1. The third-order valence-electron chi connectivity index (χ3n) is 1.57. The van der Waals surface area contributed by atoms with Gasteiger partial charge >= 0.3 is 5.97 Å². The number of aromatic nitrogens is 1. The van der Waals surface area contributed by atoms with Crippen molar-refractivity contribution < 1.29 is 18.3 Å². The van der Waals surface area contributed by atoms with Crippen LogP contribution in [0.25, 0.3) is 0 Å². The molecule has 0 aliphatic carbocycles. The summed E-state index contributed by atoms with van der Waals surface area (Å²) in [5, 5.41) is -0.463. The molecule has 3 nitrogen and oxygen atoms in total. The maximum atomic E-state index is 12.5. The van der Waals surface area contributed by atoms with Gasteiger partial charge in [-0.05, 0) is 6.07 Å². The number of hydrogen-bond donors (Lipinski definition) is 0. The number of rotatable bonds is 2. The molecule has 0 saturated heterocycles. The van der Waals surface area contributed by atoms with E-state index in [0.29, 0.717) is 0 Å². The predicted molar refractivity (Wildman–Crippen MR) is 50.6 cm³/mol. The molecule has 0 aliphatic rings. The molecule has 1 rings (SSSR count). The fourth-order valence-electron chi connectivity index (χ4n) is 0.955. The minimum atomic E-state index is -2.92. The second-order valence-corrected chi connectivity index (χ2v) is 3.28. The van der Waals surface area contributed by atoms with Crippen LogP contribution >= 0.6 is 23.2 Å². The lowest BCUT2D eigenvalue weighted by Crippen LogP contribution is -2.09. The summed E-state index contributed by atoms with van der Waals surface area (Å²) in [5.74, 6) is -1.00. The standard InChI is InChI=1S/C8H5Cl2F2NO2/c1-15-8(14)6-5(7(11)12)3(9)2-4(10)13-6/h2,7H,1H3. The summed E-state index contributed by atoms with van der Waals surface area (Å²) in [7, 11) is 1.05. The molecule has 0 amide bonds. The highest BCUT2D eigenvalue weighted by Gasteiger charge is 2.24. The normalized spacial score (nSPS) is 10.5. The Kier molecular flexibility index (Phi) is 3.82. The van der Waals surface area contributed by atoms with E-state index in [1.165, 1.54) is 0 Å². The molecule has 0 aliphatic heterocycles. The topological polar surface area (TPSA) is 39.2 Å². The molecule has 0 saturated carbocycles. The van der Waals surface area contributed by atoms with E-state index in [2.05, 4.69) is 9.72 Å². The average molecular weight is 256 g/mol. The van der Waals surface area contributed by atoms with Gasteiger partial charge in [-0.3, -0.25) is 0 Å². The molecular formula is C8H5Cl2F2NO2. The summed E-state index contributed by atoms with van der Waals surface area (Å²) in [6, 6.07) is 1.04. The number of esters is 1. The lowest BCUT2D eigenvalue weighted by molar-refractivity contribution is 0.0581. The molecule has 1 aromatic rings. The quantitative estimate of drug-likeness (QED) is 0.602. The smallest absolute Gasteiger partial charge is 0.357 e. The number of halogens is 4. The van der Waals surface area contributed by atoms with Crippen LogP contribution in [-0.4, -0.2) is 18.1 Å². The van der Waals surface area contributed by atoms with Crippen molar-refractivity contribution in [3.8, 4) is 0 Å². The van der Waals surface area contributed by atoms with Crippen molar-refractivity contribution in [3.05, 3.63) is 27.5 Å². The van der Waals surface area contributed by atoms with Crippen molar-refractivity contribution in [2.45, 2.75) is 6.43 Å². The molecule has 82 valence electrons. The van der Waals surface area contributed by atoms with Gasteiger partial charge in [0, 0.05) is 0 Å². The first-order valence-electron chi connectivity index (χ1n) is 3.69. The lowest BCUT2D eigenvalue weighted by atomic mass is 10.2. The number of ether oxygens (including phenoxy) is 1. The Morgan fingerprint density at radius 1 is 1.53 bits per heavy atom. The first kappa shape index (κ1) is 12.1. The summed E-state index contributed by atoms with van der Waals surface area (Å²) in [6.45, 7) is 0. The minimum Gasteiger partial charge on any atom is -0.464 e. The Hall–Kier alpha value is -0.940. The maximum Gasteiger partial charge on any atom is 0.357 e. The Bertz CT molecular complexity index is 398. The fraction of sp³-hybridized carbons (Fsp3) is 0.250. The van der Waals surface area contributed by atoms with Gasteiger partial charge in [0.15, 0.2) is 5.69 Å². The molecule has 0 fully saturated rings. The zero-order valence-electron chi connectivity index (χ0n) is 7.43. The molecule has 0 N–H and O–H groups in total. The highest BCUT2D eigenvalue weighted by molar-refractivity contribution is 6.34. The van der Waals surface area contributed by atoms with Gasteiger partial charge in [0.05, 0.1) is 17.7 Å². The first-order chi connectivity index (χ1) is 6.97. The third kappa shape index (κ3) is 2.54. The number of alkyl halides is 2. The van der Waals surface area contributed by atoms with Gasteiger partial charge < -0.3 is 4.74 Å². The molecular weight excluding hydrogens is 251 g/mol. The van der Waals surface area contributed by atoms with Gasteiger partial charge in [0.2, 0.25) is 0 Å². The number of pyridine rings is 1. The van der Waals surface area contributed by atoms with Crippen molar-refractivity contribution in [3.63, 3.8) is 0 Å². The van der Waals surface area contributed by atoms with Crippen LogP contribution in [0.3, 0.4) is 0 Å². The highest BCUT2D eigenvalue weighted by atomic mass is 35.5. The molecule has 0 unspecified atom stereocenters. The number of methoxy groups -OCH3 is 1. The van der Waals surface area contributed by atoms with Gasteiger partial charge in [-0.2, -0.15) is 0 Å². The van der Waals surface area contributed by atoms with Crippen LogP contribution in [0.2, 0.25) is 10.2 Å². The minimum absolute atomic E-state index is 0.148. The van der Waals surface area contributed by atoms with Crippen LogP contribution < -0.4 is 0 Å². The van der Waals surface area contributed by atoms with Gasteiger partial charge in [-0.15, -0.1) is 0 Å². The second kappa shape index (κ2) is 4.72. The van der Waals surface area contributed by atoms with Crippen LogP contribution in [0, 0.1) is 0 Å². The van der Waals surface area contributed by atoms with E-state index in [4.69, 9.17) is 23.2 Å². The molecule has 0 spiro atoms. The summed E-state index contributed by atoms with van der Waals surface area (Å²) in [4.78, 5) is 14.6. The molecule has 0 atom stereocenters. The third-order valence-corrected chi connectivity index (χ3v) is 2.08. The van der Waals surface area contributed by atoms with E-state index in [1.54, 1.807) is 0 Å². The van der Waals surface area contributed by atoms with Gasteiger partial charge in [0.1, 0.15) is 5.15 Å². The van der Waals surface area contributed by atoms with Crippen molar-refractivity contribution >= 4 is 29.2 Å². The van der Waals surface area contributed by atoms with E-state index in [-0.39, 0.29) is 10.2 Å². The molecule has 0 bridgehead atoms. The van der Waals surface area contributed by atoms with Gasteiger partial charge in [-0.1, -0.05) is 23.2 Å². The Morgan fingerprint density at radius 3 is 2.60 bits per heavy atom. The van der Waals surface area contributed by atoms with E-state index >= 15 is 0 Å². The monoisotopic (exact) mass is 255 g/mol. The van der Waals surface area contributed by atoms with Crippen molar-refractivity contribution in [2.75, 3.05) is 7.11 Å². The van der Waals surface area contributed by atoms with Crippen LogP contribution in [0.5, 0.6) is 0 Å². The van der Waals surface area contributed by atoms with E-state index in [1.807, 2.05) is 0 Å². The predicted octanol–water partition coefficient (Wildman–Crippen LogP) is 3.11. The SMILES string of the molecule is COC(=O)c1nc(Cl)cc(Cl)c1C(F)F. The molecule has 1 heterocycles. The van der Waals surface area contributed by atoms with Crippen LogP contribution in [-0.2, 0) is 4.74 Å². The second-order valence-electron chi connectivity index (χ2n) is 2.48. The zero-order chi connectivity index (χ0) is 11.6. The Labute approximate surface area is 94.0 Å². The average Bonchev–Trinajstić information content (AvgIpc) is 2.14. The van der Waals surface area contributed by atoms with Crippen LogP contribution in [0.15, 0.2) is 6.07 Å². The summed E-state index contributed by atoms with van der Waals surface area (Å²) in [6.07, 6.45) is -2.92. The number of carbonyl (C=O) groups is 1. The maximum absolute atomic E-state index is 12.5. The van der Waals surface area contributed by atoms with Crippen molar-refractivity contribution in [1.29, 1.82) is 0 Å². The summed E-state index contributed by atoms with van der Waals surface area (Å²) < 4.78 is 29.4.